The Balaban J connectivity index is 1.23. The van der Waals surface area contributed by atoms with Gasteiger partial charge in [-0.05, 0) is 97.6 Å². The standard InChI is InChI=1S/C34H33F2N3O5S/c1-32-16-19-18-38-39(25-8-6-21(35)15-24(25)36)26(19)14-20(32)5-7-22-23-9-10-34(31(42)45-13-11-37,33(23,2)17-27(40)29(22)32)44-30(41)28-4-3-12-43-28/h3-4,6,8,12,14-15,18,22-23,27,29,40H,5,7,9-10,13,16-17H2,1-2H3/t22-,23-,27-,29+,32-,33-,34-/m0/s1. The zero-order valence-electron chi connectivity index (χ0n) is 25.0. The number of carbonyl (C=O) groups excluding carboxylic acids is 2. The van der Waals surface area contributed by atoms with Gasteiger partial charge in [-0.15, -0.1) is 0 Å². The third-order valence-electron chi connectivity index (χ3n) is 11.3. The second-order valence-corrected chi connectivity index (χ2v) is 14.3. The van der Waals surface area contributed by atoms with Crippen molar-refractivity contribution in [3.05, 3.63) is 77.0 Å². The number of furan rings is 1. The Morgan fingerprint density at radius 3 is 2.82 bits per heavy atom. The van der Waals surface area contributed by atoms with Crippen molar-refractivity contribution in [2.75, 3.05) is 5.75 Å². The normalized spacial score (nSPS) is 33.2. The Kier molecular flexibility index (Phi) is 7.09. The molecule has 0 spiro atoms. The predicted molar refractivity (Wildman–Crippen MR) is 161 cm³/mol. The summed E-state index contributed by atoms with van der Waals surface area (Å²) in [5.74, 6) is -2.27. The highest BCUT2D eigenvalue weighted by Gasteiger charge is 2.70. The molecule has 8 nitrogen and oxygen atoms in total. The lowest BCUT2D eigenvalue weighted by Gasteiger charge is -2.60. The number of carbonyl (C=O) groups is 2. The van der Waals surface area contributed by atoms with Crippen molar-refractivity contribution in [1.29, 1.82) is 5.26 Å². The highest BCUT2D eigenvalue weighted by atomic mass is 32.2. The van der Waals surface area contributed by atoms with Crippen molar-refractivity contribution < 1.29 is 32.6 Å². The van der Waals surface area contributed by atoms with Crippen LogP contribution in [0.25, 0.3) is 11.8 Å². The van der Waals surface area contributed by atoms with Gasteiger partial charge in [-0.3, -0.25) is 4.79 Å². The summed E-state index contributed by atoms with van der Waals surface area (Å²) in [4.78, 5) is 27.2. The van der Waals surface area contributed by atoms with Gasteiger partial charge in [-0.25, -0.2) is 18.3 Å². The van der Waals surface area contributed by atoms with Gasteiger partial charge < -0.3 is 14.3 Å². The minimum absolute atomic E-state index is 0.00669. The van der Waals surface area contributed by atoms with E-state index in [9.17, 15) is 28.7 Å². The lowest BCUT2D eigenvalue weighted by molar-refractivity contribution is -0.175. The summed E-state index contributed by atoms with van der Waals surface area (Å²) in [5.41, 5.74) is 0.197. The molecule has 0 radical (unpaired) electrons. The van der Waals surface area contributed by atoms with E-state index >= 15 is 0 Å². The van der Waals surface area contributed by atoms with Gasteiger partial charge >= 0.3 is 5.97 Å². The third-order valence-corrected chi connectivity index (χ3v) is 12.1. The van der Waals surface area contributed by atoms with Gasteiger partial charge in [0.15, 0.2) is 11.4 Å². The molecule has 11 heteroatoms. The molecule has 0 aliphatic heterocycles. The van der Waals surface area contributed by atoms with Crippen LogP contribution in [0.5, 0.6) is 0 Å². The first-order valence-corrected chi connectivity index (χ1v) is 16.2. The number of esters is 1. The number of allylic oxidation sites excluding steroid dienone is 1. The topological polar surface area (TPSA) is 118 Å². The number of hydrogen-bond acceptors (Lipinski definition) is 8. The van der Waals surface area contributed by atoms with E-state index in [0.29, 0.717) is 19.3 Å². The number of aromatic nitrogens is 2. The minimum Gasteiger partial charge on any atom is -0.457 e. The molecule has 7 rings (SSSR count). The van der Waals surface area contributed by atoms with Gasteiger partial charge in [-0.2, -0.15) is 10.4 Å². The summed E-state index contributed by atoms with van der Waals surface area (Å²) < 4.78 is 41.3. The number of aliphatic hydroxyl groups excluding tert-OH is 1. The van der Waals surface area contributed by atoms with E-state index in [1.54, 1.807) is 12.3 Å². The summed E-state index contributed by atoms with van der Waals surface area (Å²) in [6, 6.07) is 8.51. The van der Waals surface area contributed by atoms with Crippen LogP contribution in [0.2, 0.25) is 0 Å². The summed E-state index contributed by atoms with van der Waals surface area (Å²) in [6.07, 6.45) is 7.62. The van der Waals surface area contributed by atoms with Crippen LogP contribution in [0.3, 0.4) is 0 Å². The number of aliphatic hydroxyl groups is 1. The van der Waals surface area contributed by atoms with Crippen LogP contribution in [-0.2, 0) is 16.0 Å². The first kappa shape index (κ1) is 29.9. The Morgan fingerprint density at radius 1 is 1.27 bits per heavy atom. The van der Waals surface area contributed by atoms with Crippen LogP contribution in [0.15, 0.2) is 52.8 Å². The summed E-state index contributed by atoms with van der Waals surface area (Å²) in [7, 11) is 0. The molecular weight excluding hydrogens is 600 g/mol. The molecule has 4 aliphatic carbocycles. The molecule has 234 valence electrons. The van der Waals surface area contributed by atoms with E-state index < -0.39 is 40.1 Å². The van der Waals surface area contributed by atoms with Gasteiger partial charge in [0.1, 0.15) is 11.5 Å². The Morgan fingerprint density at radius 2 is 2.09 bits per heavy atom. The van der Waals surface area contributed by atoms with Crippen molar-refractivity contribution in [3.63, 3.8) is 0 Å². The van der Waals surface area contributed by atoms with Crippen LogP contribution in [0, 0.1) is 51.5 Å². The molecule has 2 heterocycles. The predicted octanol–water partition coefficient (Wildman–Crippen LogP) is 6.28. The first-order chi connectivity index (χ1) is 21.5. The monoisotopic (exact) mass is 633 g/mol. The van der Waals surface area contributed by atoms with Gasteiger partial charge in [0.25, 0.3) is 0 Å². The van der Waals surface area contributed by atoms with Gasteiger partial charge in [0, 0.05) is 11.5 Å². The summed E-state index contributed by atoms with van der Waals surface area (Å²) in [6.45, 7) is 4.13. The molecule has 0 amide bonds. The number of fused-ring (bicyclic) bond motifs is 6. The number of nitriles is 1. The zero-order chi connectivity index (χ0) is 31.7. The van der Waals surface area contributed by atoms with E-state index in [0.717, 1.165) is 47.5 Å². The van der Waals surface area contributed by atoms with Crippen LogP contribution < -0.4 is 0 Å². The fourth-order valence-corrected chi connectivity index (χ4v) is 10.2. The molecule has 2 aromatic heterocycles. The largest absolute Gasteiger partial charge is 0.457 e. The molecule has 1 aromatic carbocycles. The zero-order valence-corrected chi connectivity index (χ0v) is 25.8. The molecular formula is C34H33F2N3O5S. The second kappa shape index (κ2) is 10.7. The first-order valence-electron chi connectivity index (χ1n) is 15.2. The molecule has 7 atom stereocenters. The van der Waals surface area contributed by atoms with Gasteiger partial charge in [0.05, 0.1) is 36.1 Å². The van der Waals surface area contributed by atoms with E-state index in [1.807, 2.05) is 13.0 Å². The molecule has 0 bridgehead atoms. The number of ether oxygens (including phenoxy) is 1. The molecule has 0 unspecified atom stereocenters. The Bertz CT molecular complexity index is 1760. The molecule has 4 aliphatic rings. The van der Waals surface area contributed by atoms with Gasteiger partial charge in [-0.1, -0.05) is 31.2 Å². The van der Waals surface area contributed by atoms with Crippen LogP contribution in [0.1, 0.15) is 67.8 Å². The maximum absolute atomic E-state index is 14.7. The maximum atomic E-state index is 14.7. The molecule has 0 saturated heterocycles. The number of halogens is 2. The Labute approximate surface area is 263 Å². The number of rotatable bonds is 5. The molecule has 45 heavy (non-hydrogen) atoms. The van der Waals surface area contributed by atoms with E-state index in [4.69, 9.17) is 9.15 Å². The lowest BCUT2D eigenvalue weighted by atomic mass is 9.45. The fourth-order valence-electron chi connectivity index (χ4n) is 9.38. The molecule has 3 aromatic rings. The van der Waals surface area contributed by atoms with Crippen molar-refractivity contribution in [3.8, 4) is 11.8 Å². The lowest BCUT2D eigenvalue weighted by Crippen LogP contribution is -2.62. The Hall–Kier alpha value is -3.75. The van der Waals surface area contributed by atoms with E-state index in [-0.39, 0.29) is 46.5 Å². The number of hydrogen-bond donors (Lipinski definition) is 1. The average molecular weight is 634 g/mol. The van der Waals surface area contributed by atoms with Crippen LogP contribution in [0.4, 0.5) is 8.78 Å². The van der Waals surface area contributed by atoms with Crippen molar-refractivity contribution in [2.24, 2.45) is 28.6 Å². The quantitative estimate of drug-likeness (QED) is 0.327. The average Bonchev–Trinajstić information content (AvgIpc) is 3.73. The smallest absolute Gasteiger partial charge is 0.375 e. The molecule has 1 N–H and O–H groups in total. The molecule has 3 fully saturated rings. The second-order valence-electron chi connectivity index (χ2n) is 13.3. The maximum Gasteiger partial charge on any atom is 0.375 e. The fraction of sp³-hybridized carbons (Fsp3) is 0.471. The van der Waals surface area contributed by atoms with Crippen molar-refractivity contribution in [2.45, 2.75) is 64.1 Å². The van der Waals surface area contributed by atoms with Crippen LogP contribution >= 0.6 is 11.8 Å². The number of benzene rings is 1. The van der Waals surface area contributed by atoms with E-state index in [2.05, 4.69) is 18.1 Å². The van der Waals surface area contributed by atoms with Crippen molar-refractivity contribution in [1.82, 2.24) is 9.78 Å². The summed E-state index contributed by atoms with van der Waals surface area (Å²) >= 11 is 0.853. The number of thioether (sulfide) groups is 1. The SMILES string of the molecule is C[C@]12Cc3cnn(-c4ccc(F)cc4F)c3C=C1CC[C@@H]1[C@@H]2[C@@H](O)C[C@@]2(C)[C@H]1CC[C@]2(OC(=O)c1ccco1)C(=O)SCC#N. The molecule has 3 saturated carbocycles. The summed E-state index contributed by atoms with van der Waals surface area (Å²) in [5, 5.41) is 25.4. The minimum atomic E-state index is -1.52. The van der Waals surface area contributed by atoms with Crippen LogP contribution in [-0.4, -0.2) is 43.4 Å². The van der Waals surface area contributed by atoms with Crippen molar-refractivity contribution >= 4 is 28.9 Å². The van der Waals surface area contributed by atoms with Gasteiger partial charge in [0.2, 0.25) is 10.9 Å². The highest BCUT2D eigenvalue weighted by Crippen LogP contribution is 2.69. The van der Waals surface area contributed by atoms with E-state index in [1.165, 1.54) is 29.1 Å². The third kappa shape index (κ3) is 4.36. The highest BCUT2D eigenvalue weighted by molar-refractivity contribution is 8.14. The number of nitrogens with zero attached hydrogens (tertiary/aromatic N) is 3.